The molecule has 0 spiro atoms. The molecule has 2 aromatic heterocycles. The molecule has 1 unspecified atom stereocenters. The van der Waals surface area contributed by atoms with Crippen molar-refractivity contribution in [1.82, 2.24) is 25.2 Å². The highest BCUT2D eigenvalue weighted by Crippen LogP contribution is 2.14. The van der Waals surface area contributed by atoms with Gasteiger partial charge >= 0.3 is 0 Å². The van der Waals surface area contributed by atoms with Crippen molar-refractivity contribution in [3.05, 3.63) is 24.2 Å². The number of hydrogen-bond acceptors (Lipinski definition) is 6. The molecule has 0 aliphatic carbocycles. The van der Waals surface area contributed by atoms with Crippen molar-refractivity contribution in [2.24, 2.45) is 7.05 Å². The van der Waals surface area contributed by atoms with Gasteiger partial charge in [-0.15, -0.1) is 10.2 Å². The first-order valence-electron chi connectivity index (χ1n) is 4.48. The number of nitrogen functional groups attached to an aromatic ring is 1. The zero-order valence-electron chi connectivity index (χ0n) is 8.57. The van der Waals surface area contributed by atoms with Gasteiger partial charge in [-0.2, -0.15) is 4.80 Å². The summed E-state index contributed by atoms with van der Waals surface area (Å²) in [4.78, 5) is 5.29. The lowest BCUT2D eigenvalue weighted by Crippen LogP contribution is -2.04. The summed E-state index contributed by atoms with van der Waals surface area (Å²) >= 11 is 0. The molecule has 0 aromatic carbocycles. The van der Waals surface area contributed by atoms with Gasteiger partial charge in [-0.25, -0.2) is 4.98 Å². The van der Waals surface area contributed by atoms with Crippen molar-refractivity contribution in [1.29, 1.82) is 0 Å². The van der Waals surface area contributed by atoms with Crippen LogP contribution >= 0.6 is 0 Å². The van der Waals surface area contributed by atoms with Gasteiger partial charge in [0.15, 0.2) is 10.9 Å². The summed E-state index contributed by atoms with van der Waals surface area (Å²) < 4.78 is 11.9. The Balaban J connectivity index is 2.18. The topological polar surface area (TPSA) is 99.6 Å². The fourth-order valence-electron chi connectivity index (χ4n) is 1.16. The lowest BCUT2D eigenvalue weighted by Gasteiger charge is -2.01. The summed E-state index contributed by atoms with van der Waals surface area (Å²) in [6.07, 6.45) is 1.55. The van der Waals surface area contributed by atoms with Crippen LogP contribution in [0.2, 0.25) is 0 Å². The molecule has 2 rings (SSSR count). The second-order valence-electron chi connectivity index (χ2n) is 3.08. The Kier molecular flexibility index (Phi) is 2.91. The minimum Gasteiger partial charge on any atom is -0.396 e. The molecule has 2 N–H and O–H groups in total. The predicted octanol–water partition coefficient (Wildman–Crippen LogP) is -0.505. The van der Waals surface area contributed by atoms with Crippen molar-refractivity contribution in [2.45, 2.75) is 10.8 Å². The van der Waals surface area contributed by atoms with E-state index in [1.165, 1.54) is 4.80 Å². The molecule has 84 valence electrons. The number of tetrazole rings is 1. The molecule has 0 fully saturated rings. The van der Waals surface area contributed by atoms with E-state index in [0.717, 1.165) is 0 Å². The van der Waals surface area contributed by atoms with Gasteiger partial charge in [0.1, 0.15) is 0 Å². The van der Waals surface area contributed by atoms with Gasteiger partial charge in [0.05, 0.1) is 29.3 Å². The van der Waals surface area contributed by atoms with Crippen molar-refractivity contribution >= 4 is 16.5 Å². The zero-order valence-corrected chi connectivity index (χ0v) is 9.39. The van der Waals surface area contributed by atoms with E-state index >= 15 is 0 Å². The second-order valence-corrected chi connectivity index (χ2v) is 4.45. The van der Waals surface area contributed by atoms with E-state index in [2.05, 4.69) is 20.4 Å². The van der Waals surface area contributed by atoms with Gasteiger partial charge < -0.3 is 5.73 Å². The largest absolute Gasteiger partial charge is 0.396 e. The smallest absolute Gasteiger partial charge is 0.187 e. The molecule has 16 heavy (non-hydrogen) atoms. The lowest BCUT2D eigenvalue weighted by atomic mass is 10.4. The summed E-state index contributed by atoms with van der Waals surface area (Å²) in [7, 11) is 0.300. The van der Waals surface area contributed by atoms with Crippen LogP contribution in [0.25, 0.3) is 0 Å². The average Bonchev–Trinajstić information content (AvgIpc) is 2.64. The third-order valence-corrected chi connectivity index (χ3v) is 3.12. The Morgan fingerprint density at radius 1 is 1.56 bits per heavy atom. The van der Waals surface area contributed by atoms with Gasteiger partial charge in [-0.05, 0) is 17.3 Å². The highest BCUT2D eigenvalue weighted by atomic mass is 32.2. The molecule has 0 radical (unpaired) electrons. The zero-order chi connectivity index (χ0) is 11.5. The van der Waals surface area contributed by atoms with E-state index in [4.69, 9.17) is 5.73 Å². The Hall–Kier alpha value is -1.83. The monoisotopic (exact) mass is 238 g/mol. The molecule has 1 atom stereocenters. The minimum absolute atomic E-state index is 0.162. The number of pyridine rings is 1. The quantitative estimate of drug-likeness (QED) is 0.773. The van der Waals surface area contributed by atoms with Crippen molar-refractivity contribution in [3.8, 4) is 0 Å². The normalized spacial score (nSPS) is 12.6. The van der Waals surface area contributed by atoms with E-state index in [0.29, 0.717) is 16.5 Å². The van der Waals surface area contributed by atoms with Crippen LogP contribution < -0.4 is 5.73 Å². The van der Waals surface area contributed by atoms with Crippen molar-refractivity contribution < 1.29 is 4.21 Å². The number of aromatic nitrogens is 5. The van der Waals surface area contributed by atoms with Crippen molar-refractivity contribution in [3.63, 3.8) is 0 Å². The highest BCUT2D eigenvalue weighted by Gasteiger charge is 2.12. The van der Waals surface area contributed by atoms with Crippen LogP contribution in [0.15, 0.2) is 23.4 Å². The summed E-state index contributed by atoms with van der Waals surface area (Å²) in [5, 5.41) is 11.7. The molecular weight excluding hydrogens is 228 g/mol. The SMILES string of the molecule is Cn1nnc(CS(=O)c2ncccc2N)n1. The maximum atomic E-state index is 11.9. The molecule has 0 aliphatic heterocycles. The minimum atomic E-state index is -1.35. The first-order chi connectivity index (χ1) is 7.66. The Labute approximate surface area is 94.1 Å². The summed E-state index contributed by atoms with van der Waals surface area (Å²) in [5.41, 5.74) is 6.07. The number of anilines is 1. The first-order valence-corrected chi connectivity index (χ1v) is 5.80. The van der Waals surface area contributed by atoms with Crippen LogP contribution in [0.3, 0.4) is 0 Å². The van der Waals surface area contributed by atoms with Gasteiger partial charge in [-0.3, -0.25) is 4.21 Å². The number of hydrogen-bond donors (Lipinski definition) is 1. The fourth-order valence-corrected chi connectivity index (χ4v) is 2.16. The second kappa shape index (κ2) is 4.35. The Morgan fingerprint density at radius 3 is 3.00 bits per heavy atom. The molecule has 0 saturated carbocycles. The van der Waals surface area contributed by atoms with Crippen LogP contribution in [0, 0.1) is 0 Å². The molecule has 0 amide bonds. The van der Waals surface area contributed by atoms with Crippen LogP contribution in [0.5, 0.6) is 0 Å². The van der Waals surface area contributed by atoms with Crippen LogP contribution in [0.1, 0.15) is 5.82 Å². The first kappa shape index (κ1) is 10.7. The van der Waals surface area contributed by atoms with Gasteiger partial charge in [0.25, 0.3) is 0 Å². The predicted molar refractivity (Wildman–Crippen MR) is 57.6 cm³/mol. The number of aryl methyl sites for hydroxylation is 1. The number of nitrogens with two attached hydrogens (primary N) is 1. The van der Waals surface area contributed by atoms with E-state index in [1.807, 2.05) is 0 Å². The molecule has 2 heterocycles. The van der Waals surface area contributed by atoms with E-state index in [-0.39, 0.29) is 5.75 Å². The van der Waals surface area contributed by atoms with Crippen LogP contribution in [-0.4, -0.2) is 29.4 Å². The third kappa shape index (κ3) is 2.22. The Morgan fingerprint density at radius 2 is 2.38 bits per heavy atom. The van der Waals surface area contributed by atoms with E-state index in [9.17, 15) is 4.21 Å². The lowest BCUT2D eigenvalue weighted by molar-refractivity contribution is 0.628. The van der Waals surface area contributed by atoms with Gasteiger partial charge in [0.2, 0.25) is 0 Å². The molecule has 8 heteroatoms. The molecule has 2 aromatic rings. The average molecular weight is 238 g/mol. The molecule has 0 saturated heterocycles. The molecule has 7 nitrogen and oxygen atoms in total. The summed E-state index contributed by atoms with van der Waals surface area (Å²) in [6.45, 7) is 0. The Bertz CT molecular complexity index is 525. The maximum absolute atomic E-state index is 11.9. The molecule has 0 bridgehead atoms. The van der Waals surface area contributed by atoms with Crippen LogP contribution in [-0.2, 0) is 23.6 Å². The maximum Gasteiger partial charge on any atom is 0.187 e. The van der Waals surface area contributed by atoms with Gasteiger partial charge in [0, 0.05) is 6.20 Å². The highest BCUT2D eigenvalue weighted by molar-refractivity contribution is 7.84. The van der Waals surface area contributed by atoms with Gasteiger partial charge in [-0.1, -0.05) is 0 Å². The number of nitrogens with zero attached hydrogens (tertiary/aromatic N) is 5. The summed E-state index contributed by atoms with van der Waals surface area (Å²) in [6, 6.07) is 3.35. The van der Waals surface area contributed by atoms with E-state index in [1.54, 1.807) is 25.4 Å². The number of rotatable bonds is 3. The summed E-state index contributed by atoms with van der Waals surface area (Å²) in [5.74, 6) is 0.570. The molecule has 0 aliphatic rings. The third-order valence-electron chi connectivity index (χ3n) is 1.83. The van der Waals surface area contributed by atoms with Crippen molar-refractivity contribution in [2.75, 3.05) is 5.73 Å². The van der Waals surface area contributed by atoms with E-state index < -0.39 is 10.8 Å². The fraction of sp³-hybridized carbons (Fsp3) is 0.250. The molecular formula is C8H10N6OS. The van der Waals surface area contributed by atoms with Crippen LogP contribution in [0.4, 0.5) is 5.69 Å². The standard InChI is InChI=1S/C8H10N6OS/c1-14-12-7(11-13-14)5-16(15)8-6(9)3-2-4-10-8/h2-4H,5,9H2,1H3.